The van der Waals surface area contributed by atoms with Gasteiger partial charge in [0.2, 0.25) is 0 Å². The molecule has 2 aromatic rings. The summed E-state index contributed by atoms with van der Waals surface area (Å²) < 4.78 is 6.52. The van der Waals surface area contributed by atoms with Gasteiger partial charge in [-0.2, -0.15) is 0 Å². The fraction of sp³-hybridized carbons (Fsp3) is 0.214. The Kier molecular flexibility index (Phi) is 3.29. The zero-order valence-corrected chi connectivity index (χ0v) is 11.9. The molecule has 1 atom stereocenters. The smallest absolute Gasteiger partial charge is 0.149 e. The second-order valence-electron chi connectivity index (χ2n) is 4.46. The number of fused-ring (bicyclic) bond motifs is 1. The van der Waals surface area contributed by atoms with Gasteiger partial charge in [0, 0.05) is 22.7 Å². The van der Waals surface area contributed by atoms with Crippen molar-refractivity contribution in [3.63, 3.8) is 0 Å². The molecule has 1 unspecified atom stereocenters. The first-order chi connectivity index (χ1) is 9.24. The average molecular weight is 320 g/mol. The van der Waals surface area contributed by atoms with Crippen LogP contribution in [0.5, 0.6) is 5.75 Å². The highest BCUT2D eigenvalue weighted by Crippen LogP contribution is 2.34. The number of rotatable bonds is 2. The molecular formula is C14H14BrN3O. The SMILES string of the molecule is Nc1cc(Br)cnc1NC1CCOc2ccccc21. The molecule has 0 amide bonds. The number of halogens is 1. The molecule has 1 aliphatic rings. The van der Waals surface area contributed by atoms with E-state index in [0.717, 1.165) is 22.2 Å². The second-order valence-corrected chi connectivity index (χ2v) is 5.38. The second kappa shape index (κ2) is 5.09. The van der Waals surface area contributed by atoms with Gasteiger partial charge in [0.1, 0.15) is 11.6 Å². The molecule has 1 aliphatic heterocycles. The minimum Gasteiger partial charge on any atom is -0.493 e. The van der Waals surface area contributed by atoms with E-state index in [4.69, 9.17) is 10.5 Å². The van der Waals surface area contributed by atoms with Crippen LogP contribution in [0.25, 0.3) is 0 Å². The number of hydrogen-bond acceptors (Lipinski definition) is 4. The zero-order chi connectivity index (χ0) is 13.2. The van der Waals surface area contributed by atoms with Gasteiger partial charge in [-0.15, -0.1) is 0 Å². The molecule has 2 heterocycles. The Morgan fingerprint density at radius 1 is 1.37 bits per heavy atom. The number of anilines is 2. The Bertz CT molecular complexity index is 603. The van der Waals surface area contributed by atoms with Crippen molar-refractivity contribution in [2.24, 2.45) is 0 Å². The number of hydrogen-bond donors (Lipinski definition) is 2. The average Bonchev–Trinajstić information content (AvgIpc) is 2.42. The lowest BCUT2D eigenvalue weighted by molar-refractivity contribution is 0.274. The van der Waals surface area contributed by atoms with E-state index in [1.54, 1.807) is 6.20 Å². The number of ether oxygens (including phenoxy) is 1. The summed E-state index contributed by atoms with van der Waals surface area (Å²) in [5.41, 5.74) is 7.76. The number of pyridine rings is 1. The summed E-state index contributed by atoms with van der Waals surface area (Å²) in [6, 6.07) is 10.1. The summed E-state index contributed by atoms with van der Waals surface area (Å²) in [4.78, 5) is 4.32. The Labute approximate surface area is 120 Å². The van der Waals surface area contributed by atoms with Crippen LogP contribution in [0, 0.1) is 0 Å². The summed E-state index contributed by atoms with van der Waals surface area (Å²) in [6.07, 6.45) is 2.64. The Balaban J connectivity index is 1.88. The van der Waals surface area contributed by atoms with Crippen LogP contribution in [-0.4, -0.2) is 11.6 Å². The quantitative estimate of drug-likeness (QED) is 0.891. The largest absolute Gasteiger partial charge is 0.493 e. The Hall–Kier alpha value is -1.75. The first-order valence-electron chi connectivity index (χ1n) is 6.13. The molecule has 0 aliphatic carbocycles. The number of aromatic nitrogens is 1. The lowest BCUT2D eigenvalue weighted by atomic mass is 10.0. The van der Waals surface area contributed by atoms with Crippen LogP contribution in [0.15, 0.2) is 41.0 Å². The minimum atomic E-state index is 0.181. The van der Waals surface area contributed by atoms with Crippen molar-refractivity contribution < 1.29 is 4.74 Å². The number of benzene rings is 1. The third-order valence-electron chi connectivity index (χ3n) is 3.15. The van der Waals surface area contributed by atoms with E-state index in [1.807, 2.05) is 24.3 Å². The maximum atomic E-state index is 5.97. The standard InChI is InChI=1S/C14H14BrN3O/c15-9-7-11(16)14(17-8-9)18-12-5-6-19-13-4-2-1-3-10(12)13/h1-4,7-8,12H,5-6,16H2,(H,17,18). The molecule has 98 valence electrons. The highest BCUT2D eigenvalue weighted by atomic mass is 79.9. The first kappa shape index (κ1) is 12.3. The van der Waals surface area contributed by atoms with Crippen LogP contribution in [0.4, 0.5) is 11.5 Å². The van der Waals surface area contributed by atoms with Crippen molar-refractivity contribution in [1.29, 1.82) is 0 Å². The maximum Gasteiger partial charge on any atom is 0.149 e. The lowest BCUT2D eigenvalue weighted by Crippen LogP contribution is -2.21. The van der Waals surface area contributed by atoms with Gasteiger partial charge < -0.3 is 15.8 Å². The molecule has 0 radical (unpaired) electrons. The Morgan fingerprint density at radius 3 is 3.05 bits per heavy atom. The van der Waals surface area contributed by atoms with Crippen LogP contribution in [0.3, 0.4) is 0 Å². The third-order valence-corrected chi connectivity index (χ3v) is 3.59. The summed E-state index contributed by atoms with van der Waals surface area (Å²) in [7, 11) is 0. The zero-order valence-electron chi connectivity index (χ0n) is 10.3. The van der Waals surface area contributed by atoms with E-state index in [2.05, 4.69) is 32.3 Å². The van der Waals surface area contributed by atoms with Gasteiger partial charge in [-0.1, -0.05) is 18.2 Å². The number of nitrogens with two attached hydrogens (primary N) is 1. The summed E-state index contributed by atoms with van der Waals surface area (Å²) >= 11 is 3.36. The van der Waals surface area contributed by atoms with Crippen molar-refractivity contribution in [2.75, 3.05) is 17.7 Å². The van der Waals surface area contributed by atoms with Gasteiger partial charge in [-0.3, -0.25) is 0 Å². The van der Waals surface area contributed by atoms with Crippen molar-refractivity contribution in [3.05, 3.63) is 46.6 Å². The first-order valence-corrected chi connectivity index (χ1v) is 6.92. The van der Waals surface area contributed by atoms with Crippen LogP contribution in [-0.2, 0) is 0 Å². The van der Waals surface area contributed by atoms with Crippen molar-refractivity contribution >= 4 is 27.4 Å². The van der Waals surface area contributed by atoms with E-state index in [0.29, 0.717) is 18.1 Å². The van der Waals surface area contributed by atoms with E-state index in [1.165, 1.54) is 0 Å². The van der Waals surface area contributed by atoms with Gasteiger partial charge in [0.05, 0.1) is 18.3 Å². The van der Waals surface area contributed by atoms with Crippen molar-refractivity contribution in [1.82, 2.24) is 4.98 Å². The number of nitrogens with zero attached hydrogens (tertiary/aromatic N) is 1. The highest BCUT2D eigenvalue weighted by molar-refractivity contribution is 9.10. The molecule has 5 heteroatoms. The van der Waals surface area contributed by atoms with Gasteiger partial charge in [0.25, 0.3) is 0 Å². The lowest BCUT2D eigenvalue weighted by Gasteiger charge is -2.27. The number of nitrogen functional groups attached to an aromatic ring is 1. The van der Waals surface area contributed by atoms with E-state index in [-0.39, 0.29) is 6.04 Å². The predicted molar refractivity (Wildman–Crippen MR) is 79.3 cm³/mol. The molecule has 1 aromatic heterocycles. The molecular weight excluding hydrogens is 306 g/mol. The predicted octanol–water partition coefficient (Wildman–Crippen LogP) is 3.36. The molecule has 3 N–H and O–H groups in total. The van der Waals surface area contributed by atoms with E-state index < -0.39 is 0 Å². The van der Waals surface area contributed by atoms with E-state index in [9.17, 15) is 0 Å². The van der Waals surface area contributed by atoms with Crippen LogP contribution < -0.4 is 15.8 Å². The molecule has 3 rings (SSSR count). The van der Waals surface area contributed by atoms with Crippen molar-refractivity contribution in [2.45, 2.75) is 12.5 Å². The molecule has 0 saturated heterocycles. The molecule has 4 nitrogen and oxygen atoms in total. The summed E-state index contributed by atoms with van der Waals surface area (Å²) in [5.74, 6) is 1.65. The molecule has 0 saturated carbocycles. The topological polar surface area (TPSA) is 60.2 Å². The van der Waals surface area contributed by atoms with Crippen molar-refractivity contribution in [3.8, 4) is 5.75 Å². The summed E-state index contributed by atoms with van der Waals surface area (Å²) in [6.45, 7) is 0.700. The van der Waals surface area contributed by atoms with Crippen LogP contribution in [0.1, 0.15) is 18.0 Å². The molecule has 19 heavy (non-hydrogen) atoms. The van der Waals surface area contributed by atoms with Gasteiger partial charge in [-0.05, 0) is 28.1 Å². The van der Waals surface area contributed by atoms with Gasteiger partial charge in [-0.25, -0.2) is 4.98 Å². The molecule has 0 bridgehead atoms. The molecule has 0 fully saturated rings. The van der Waals surface area contributed by atoms with Crippen LogP contribution in [0.2, 0.25) is 0 Å². The fourth-order valence-corrected chi connectivity index (χ4v) is 2.58. The maximum absolute atomic E-state index is 5.97. The fourth-order valence-electron chi connectivity index (χ4n) is 2.23. The molecule has 0 spiro atoms. The van der Waals surface area contributed by atoms with Gasteiger partial charge >= 0.3 is 0 Å². The van der Waals surface area contributed by atoms with E-state index >= 15 is 0 Å². The minimum absolute atomic E-state index is 0.181. The third kappa shape index (κ3) is 2.51. The Morgan fingerprint density at radius 2 is 2.21 bits per heavy atom. The number of para-hydroxylation sites is 1. The number of nitrogens with one attached hydrogen (secondary N) is 1. The monoisotopic (exact) mass is 319 g/mol. The summed E-state index contributed by atoms with van der Waals surface area (Å²) in [5, 5.41) is 3.40. The van der Waals surface area contributed by atoms with Gasteiger partial charge in [0.15, 0.2) is 0 Å². The van der Waals surface area contributed by atoms with Crippen LogP contribution >= 0.6 is 15.9 Å². The molecule has 1 aromatic carbocycles. The highest BCUT2D eigenvalue weighted by Gasteiger charge is 2.21. The normalized spacial score (nSPS) is 17.4.